The monoisotopic (exact) mass is 452 g/mol. The standard InChI is InChI=1S/C24H40N2O6/c1-6-9-12-25-20(28)19-24-11-10-23(7-2,32-24)18(22(30)31-8-3)17(24)21(29)26(19)16(14-27)13-15(4)5/h15-19,27H,6-14H2,1-5H3,(H,25,28)/t16-,17+,18+,19?,23-,24?/m1/s1. The normalized spacial score (nSPS) is 34.2. The molecule has 3 rings (SSSR count). The molecule has 0 saturated carbocycles. The molecule has 3 saturated heterocycles. The molecule has 1 spiro atoms. The van der Waals surface area contributed by atoms with Crippen molar-refractivity contribution in [1.82, 2.24) is 10.2 Å². The summed E-state index contributed by atoms with van der Waals surface area (Å²) < 4.78 is 12.0. The molecule has 2 N–H and O–H groups in total. The summed E-state index contributed by atoms with van der Waals surface area (Å²) in [4.78, 5) is 42.1. The molecule has 3 aliphatic rings. The van der Waals surface area contributed by atoms with Gasteiger partial charge in [0, 0.05) is 6.54 Å². The lowest BCUT2D eigenvalue weighted by Gasteiger charge is -2.37. The minimum atomic E-state index is -1.06. The number of unbranched alkanes of at least 4 members (excludes halogenated alkanes) is 1. The van der Waals surface area contributed by atoms with E-state index in [2.05, 4.69) is 5.32 Å². The Morgan fingerprint density at radius 1 is 1.28 bits per heavy atom. The Morgan fingerprint density at radius 3 is 2.56 bits per heavy atom. The quantitative estimate of drug-likeness (QED) is 0.367. The lowest BCUT2D eigenvalue weighted by atomic mass is 9.65. The van der Waals surface area contributed by atoms with Gasteiger partial charge >= 0.3 is 5.97 Å². The van der Waals surface area contributed by atoms with Crippen molar-refractivity contribution in [3.05, 3.63) is 0 Å². The largest absolute Gasteiger partial charge is 0.466 e. The average Bonchev–Trinajstić information content (AvgIpc) is 3.36. The molecule has 2 amide bonds. The van der Waals surface area contributed by atoms with Crippen molar-refractivity contribution in [2.24, 2.45) is 17.8 Å². The number of aliphatic hydroxyl groups excluding tert-OH is 1. The maximum atomic E-state index is 13.9. The number of likely N-dealkylation sites (tertiary alicyclic amines) is 1. The maximum Gasteiger partial charge on any atom is 0.312 e. The van der Waals surface area contributed by atoms with Crippen molar-refractivity contribution >= 4 is 17.8 Å². The second kappa shape index (κ2) is 9.67. The molecule has 6 atom stereocenters. The van der Waals surface area contributed by atoms with Gasteiger partial charge in [-0.1, -0.05) is 34.1 Å². The van der Waals surface area contributed by atoms with Gasteiger partial charge in [-0.15, -0.1) is 0 Å². The highest BCUT2D eigenvalue weighted by atomic mass is 16.6. The lowest BCUT2D eigenvalue weighted by molar-refractivity contribution is -0.162. The van der Waals surface area contributed by atoms with Gasteiger partial charge in [-0.2, -0.15) is 0 Å². The van der Waals surface area contributed by atoms with Crippen LogP contribution >= 0.6 is 0 Å². The molecular formula is C24H40N2O6. The number of nitrogens with one attached hydrogen (secondary N) is 1. The SMILES string of the molecule is CCCCNC(=O)C1N([C@@H](CO)CC(C)C)C(=O)[C@@H]2[C@@H](C(=O)OCC)[C@@]3(CC)CCC12O3. The molecule has 0 aromatic carbocycles. The van der Waals surface area contributed by atoms with Crippen molar-refractivity contribution in [2.75, 3.05) is 19.8 Å². The Kier molecular flexibility index (Phi) is 7.55. The van der Waals surface area contributed by atoms with Crippen molar-refractivity contribution in [3.8, 4) is 0 Å². The number of carbonyl (C=O) groups excluding carboxylic acids is 3. The van der Waals surface area contributed by atoms with Gasteiger partial charge in [-0.25, -0.2) is 0 Å². The van der Waals surface area contributed by atoms with Gasteiger partial charge in [0.05, 0.1) is 30.8 Å². The summed E-state index contributed by atoms with van der Waals surface area (Å²) in [5.74, 6) is -2.23. The van der Waals surface area contributed by atoms with Crippen LogP contribution in [0.4, 0.5) is 0 Å². The fourth-order valence-corrected chi connectivity index (χ4v) is 6.24. The van der Waals surface area contributed by atoms with E-state index in [-0.39, 0.29) is 30.9 Å². The van der Waals surface area contributed by atoms with Gasteiger partial charge in [0.25, 0.3) is 0 Å². The molecule has 8 heteroatoms. The Morgan fingerprint density at radius 2 is 2.00 bits per heavy atom. The Balaban J connectivity index is 2.06. The summed E-state index contributed by atoms with van der Waals surface area (Å²) in [5.41, 5.74) is -1.85. The lowest BCUT2D eigenvalue weighted by Crippen LogP contribution is -2.58. The predicted octanol–water partition coefficient (Wildman–Crippen LogP) is 2.03. The molecule has 0 aromatic heterocycles. The summed E-state index contributed by atoms with van der Waals surface area (Å²) in [6, 6.07) is -1.37. The van der Waals surface area contributed by atoms with Crippen LogP contribution in [-0.4, -0.2) is 70.8 Å². The highest BCUT2D eigenvalue weighted by molar-refractivity contribution is 5.98. The number of fused-ring (bicyclic) bond motifs is 1. The second-order valence-corrected chi connectivity index (χ2v) is 9.94. The minimum absolute atomic E-state index is 0.223. The molecule has 0 aliphatic carbocycles. The second-order valence-electron chi connectivity index (χ2n) is 9.94. The molecule has 0 aromatic rings. The van der Waals surface area contributed by atoms with Crippen LogP contribution in [0, 0.1) is 17.8 Å². The molecule has 8 nitrogen and oxygen atoms in total. The molecular weight excluding hydrogens is 412 g/mol. The fraction of sp³-hybridized carbons (Fsp3) is 0.875. The topological polar surface area (TPSA) is 105 Å². The zero-order valence-electron chi connectivity index (χ0n) is 20.2. The first-order chi connectivity index (χ1) is 15.2. The zero-order valence-corrected chi connectivity index (χ0v) is 20.2. The summed E-state index contributed by atoms with van der Waals surface area (Å²) in [7, 11) is 0. The molecule has 3 aliphatic heterocycles. The van der Waals surface area contributed by atoms with Gasteiger partial charge in [0.1, 0.15) is 17.6 Å². The minimum Gasteiger partial charge on any atom is -0.466 e. The van der Waals surface area contributed by atoms with E-state index in [1.165, 1.54) is 0 Å². The molecule has 3 heterocycles. The van der Waals surface area contributed by atoms with E-state index in [1.54, 1.807) is 11.8 Å². The third-order valence-electron chi connectivity index (χ3n) is 7.58. The van der Waals surface area contributed by atoms with Gasteiger partial charge in [-0.05, 0) is 44.9 Å². The summed E-state index contributed by atoms with van der Waals surface area (Å²) in [5, 5.41) is 13.2. The highest BCUT2D eigenvalue weighted by Crippen LogP contribution is 2.64. The molecule has 182 valence electrons. The Bertz CT molecular complexity index is 727. The smallest absolute Gasteiger partial charge is 0.312 e. The summed E-state index contributed by atoms with van der Waals surface area (Å²) in [6.07, 6.45) is 4.05. The van der Waals surface area contributed by atoms with Gasteiger partial charge in [0.15, 0.2) is 0 Å². The average molecular weight is 453 g/mol. The molecule has 2 bridgehead atoms. The van der Waals surface area contributed by atoms with E-state index in [0.29, 0.717) is 32.2 Å². The van der Waals surface area contributed by atoms with E-state index < -0.39 is 41.1 Å². The first kappa shape index (κ1) is 25.0. The van der Waals surface area contributed by atoms with Gasteiger partial charge in [0.2, 0.25) is 11.8 Å². The van der Waals surface area contributed by atoms with E-state index in [9.17, 15) is 19.5 Å². The number of ether oxygens (including phenoxy) is 2. The van der Waals surface area contributed by atoms with E-state index >= 15 is 0 Å². The number of rotatable bonds is 11. The third kappa shape index (κ3) is 3.83. The van der Waals surface area contributed by atoms with Crippen LogP contribution in [0.15, 0.2) is 0 Å². The number of carbonyl (C=O) groups is 3. The first-order valence-electron chi connectivity index (χ1n) is 12.3. The van der Waals surface area contributed by atoms with Crippen LogP contribution in [0.2, 0.25) is 0 Å². The zero-order chi connectivity index (χ0) is 23.7. The molecule has 2 unspecified atom stereocenters. The first-order valence-corrected chi connectivity index (χ1v) is 12.3. The number of nitrogens with zero attached hydrogens (tertiary/aromatic N) is 1. The van der Waals surface area contributed by atoms with Crippen molar-refractivity contribution < 1.29 is 29.0 Å². The Labute approximate surface area is 191 Å². The van der Waals surface area contributed by atoms with Crippen LogP contribution in [0.3, 0.4) is 0 Å². The number of esters is 1. The van der Waals surface area contributed by atoms with Crippen LogP contribution in [0.5, 0.6) is 0 Å². The molecule has 32 heavy (non-hydrogen) atoms. The van der Waals surface area contributed by atoms with Crippen LogP contribution in [-0.2, 0) is 23.9 Å². The summed E-state index contributed by atoms with van der Waals surface area (Å²) >= 11 is 0. The van der Waals surface area contributed by atoms with Crippen molar-refractivity contribution in [1.29, 1.82) is 0 Å². The number of hydrogen-bond acceptors (Lipinski definition) is 6. The molecule has 0 radical (unpaired) electrons. The van der Waals surface area contributed by atoms with Crippen LogP contribution < -0.4 is 5.32 Å². The van der Waals surface area contributed by atoms with Crippen molar-refractivity contribution in [3.63, 3.8) is 0 Å². The fourth-order valence-electron chi connectivity index (χ4n) is 6.24. The van der Waals surface area contributed by atoms with Crippen molar-refractivity contribution in [2.45, 2.75) is 96.4 Å². The number of amides is 2. The third-order valence-corrected chi connectivity index (χ3v) is 7.58. The Hall–Kier alpha value is -1.67. The maximum absolute atomic E-state index is 13.9. The molecule has 3 fully saturated rings. The van der Waals surface area contributed by atoms with Crippen LogP contribution in [0.1, 0.15) is 73.1 Å². The number of hydrogen-bond donors (Lipinski definition) is 2. The highest BCUT2D eigenvalue weighted by Gasteiger charge is 2.79. The number of aliphatic hydroxyl groups is 1. The predicted molar refractivity (Wildman–Crippen MR) is 119 cm³/mol. The van der Waals surface area contributed by atoms with Gasteiger partial charge < -0.3 is 24.8 Å². The van der Waals surface area contributed by atoms with E-state index in [0.717, 1.165) is 12.8 Å². The van der Waals surface area contributed by atoms with Gasteiger partial charge in [-0.3, -0.25) is 14.4 Å². The van der Waals surface area contributed by atoms with E-state index in [1.807, 2.05) is 27.7 Å². The van der Waals surface area contributed by atoms with E-state index in [4.69, 9.17) is 9.47 Å². The summed E-state index contributed by atoms with van der Waals surface area (Å²) in [6.45, 7) is 10.3. The van der Waals surface area contributed by atoms with Crippen LogP contribution in [0.25, 0.3) is 0 Å².